The molecule has 0 heterocycles. The summed E-state index contributed by atoms with van der Waals surface area (Å²) in [4.78, 5) is 5.21. The zero-order valence-corrected chi connectivity index (χ0v) is 51.9. The molecule has 0 spiro atoms. The quantitative estimate of drug-likeness (QED) is 0.0253. The Balaban J connectivity index is 0.00000119. The molecule has 0 radical (unpaired) electrons. The molecule has 0 amide bonds. The SMILES string of the molecule is CCCCCc1cc(CCCCC)c([S+](c2c(CCCCC)cc(CCCCC)cc2CCCCC)c2c(CCCCC)cc(CCCCC)cc2CCCCC)c(CCCCC)c1.Cc1ccc(S(=O)(=O)[O-])cc1. The predicted octanol–water partition coefficient (Wildman–Crippen LogP) is 21.3. The molecule has 4 rings (SSSR count). The van der Waals surface area contributed by atoms with Gasteiger partial charge in [0.15, 0.2) is 14.7 Å². The average molecular weight is 1070 g/mol. The highest BCUT2D eigenvalue weighted by molar-refractivity contribution is 7.97. The van der Waals surface area contributed by atoms with Gasteiger partial charge in [-0.1, -0.05) is 232 Å². The highest BCUT2D eigenvalue weighted by atomic mass is 32.2. The van der Waals surface area contributed by atoms with Crippen LogP contribution in [0.4, 0.5) is 0 Å². The summed E-state index contributed by atoms with van der Waals surface area (Å²) in [5.41, 5.74) is 16.2. The van der Waals surface area contributed by atoms with Gasteiger partial charge in [0.25, 0.3) is 0 Å². The Labute approximate surface area is 467 Å². The van der Waals surface area contributed by atoms with Crippen molar-refractivity contribution in [3.8, 4) is 0 Å². The van der Waals surface area contributed by atoms with Gasteiger partial charge in [-0.2, -0.15) is 0 Å². The minimum Gasteiger partial charge on any atom is -0.744 e. The summed E-state index contributed by atoms with van der Waals surface area (Å²) in [7, 11) is -4.43. The van der Waals surface area contributed by atoms with Crippen molar-refractivity contribution in [2.75, 3.05) is 0 Å². The third-order valence-corrected chi connectivity index (χ3v) is 19.0. The smallest absolute Gasteiger partial charge is 0.172 e. The molecule has 0 N–H and O–H groups in total. The summed E-state index contributed by atoms with van der Waals surface area (Å²) >= 11 is 0. The minimum absolute atomic E-state index is 0.163. The second kappa shape index (κ2) is 39.5. The minimum atomic E-state index is -4.27. The van der Waals surface area contributed by atoms with Crippen LogP contribution in [-0.4, -0.2) is 13.0 Å². The van der Waals surface area contributed by atoms with Crippen molar-refractivity contribution < 1.29 is 13.0 Å². The largest absolute Gasteiger partial charge is 0.744 e. The van der Waals surface area contributed by atoms with E-state index in [0.717, 1.165) is 5.56 Å². The fourth-order valence-corrected chi connectivity index (χ4v) is 14.6. The van der Waals surface area contributed by atoms with Gasteiger partial charge in [-0.3, -0.25) is 0 Å². The molecule has 0 atom stereocenters. The molecule has 0 aliphatic heterocycles. The summed E-state index contributed by atoms with van der Waals surface area (Å²) < 4.78 is 31.2. The Bertz CT molecular complexity index is 1950. The van der Waals surface area contributed by atoms with Crippen LogP contribution in [0.2, 0.25) is 0 Å². The van der Waals surface area contributed by atoms with Gasteiger partial charge < -0.3 is 4.55 Å². The van der Waals surface area contributed by atoms with Gasteiger partial charge >= 0.3 is 0 Å². The molecule has 0 saturated heterocycles. The lowest BCUT2D eigenvalue weighted by atomic mass is 9.94. The standard InChI is InChI=1S/C63H105S.C7H8O3S/c1-10-19-28-37-52-46-55(40-31-22-13-4)61(56(47-52)41-32-23-14-5)64(62-57(42-33-24-15-6)48-53(38-29-20-11-2)49-58(62)43-34-25-16-7)63-59(44-35-26-17-8)50-54(39-30-21-12-3)51-60(63)45-36-27-18-9;1-6-2-4-7(5-3-6)11(8,9)10/h46-51H,10-45H2,1-9H3;2-5H,1H3,(H,8,9,10)/q+1;/p-1. The van der Waals surface area contributed by atoms with Crippen LogP contribution in [0.1, 0.15) is 291 Å². The molecule has 75 heavy (non-hydrogen) atoms. The Morgan fingerprint density at radius 3 is 0.707 bits per heavy atom. The number of unbranched alkanes of at least 4 members (excludes halogenated alkanes) is 18. The van der Waals surface area contributed by atoms with Gasteiger partial charge in [0, 0.05) is 33.4 Å². The van der Waals surface area contributed by atoms with Crippen LogP contribution in [-0.2, 0) is 78.8 Å². The number of rotatable bonds is 40. The van der Waals surface area contributed by atoms with Crippen LogP contribution in [0.3, 0.4) is 0 Å². The molecule has 0 fully saturated rings. The first-order chi connectivity index (χ1) is 36.4. The molecule has 0 bridgehead atoms. The molecular formula is C70H112O3S2. The van der Waals surface area contributed by atoms with Gasteiger partial charge in [0.1, 0.15) is 21.0 Å². The molecule has 0 aliphatic carbocycles. The molecule has 0 unspecified atom stereocenters. The van der Waals surface area contributed by atoms with Crippen LogP contribution in [0.25, 0.3) is 0 Å². The second-order valence-electron chi connectivity index (χ2n) is 22.4. The van der Waals surface area contributed by atoms with E-state index >= 15 is 0 Å². The number of hydrogen-bond acceptors (Lipinski definition) is 3. The summed E-state index contributed by atoms with van der Waals surface area (Å²) in [5, 5.41) is 0. The van der Waals surface area contributed by atoms with Crippen LogP contribution < -0.4 is 0 Å². The zero-order chi connectivity index (χ0) is 54.7. The topological polar surface area (TPSA) is 57.2 Å². The second-order valence-corrected chi connectivity index (χ2v) is 25.6. The Morgan fingerprint density at radius 1 is 0.320 bits per heavy atom. The van der Waals surface area contributed by atoms with E-state index in [1.165, 1.54) is 243 Å². The highest BCUT2D eigenvalue weighted by Crippen LogP contribution is 2.46. The van der Waals surface area contributed by atoms with E-state index in [2.05, 4.69) is 98.7 Å². The van der Waals surface area contributed by atoms with E-state index in [4.69, 9.17) is 0 Å². The maximum absolute atomic E-state index is 10.4. The van der Waals surface area contributed by atoms with E-state index in [9.17, 15) is 13.0 Å². The van der Waals surface area contributed by atoms with Gasteiger partial charge in [0.2, 0.25) is 0 Å². The molecule has 4 aromatic carbocycles. The Hall–Kier alpha value is -2.86. The summed E-state index contributed by atoms with van der Waals surface area (Å²) in [5.74, 6) is 0. The maximum Gasteiger partial charge on any atom is 0.172 e. The molecular weight excluding hydrogens is 953 g/mol. The first kappa shape index (κ1) is 66.4. The van der Waals surface area contributed by atoms with Crippen molar-refractivity contribution in [2.45, 2.75) is 320 Å². The molecule has 0 aliphatic rings. The molecule has 3 nitrogen and oxygen atoms in total. The van der Waals surface area contributed by atoms with E-state index in [0.29, 0.717) is 0 Å². The van der Waals surface area contributed by atoms with Gasteiger partial charge in [0.05, 0.1) is 4.90 Å². The number of benzene rings is 4. The van der Waals surface area contributed by atoms with E-state index in [-0.39, 0.29) is 15.8 Å². The van der Waals surface area contributed by atoms with Gasteiger partial charge in [-0.15, -0.1) is 0 Å². The van der Waals surface area contributed by atoms with Gasteiger partial charge in [-0.25, -0.2) is 8.42 Å². The lowest BCUT2D eigenvalue weighted by Crippen LogP contribution is -2.20. The fourth-order valence-electron chi connectivity index (χ4n) is 11.0. The molecule has 4 aromatic rings. The van der Waals surface area contributed by atoms with E-state index < -0.39 is 10.1 Å². The van der Waals surface area contributed by atoms with Crippen LogP contribution >= 0.6 is 0 Å². The van der Waals surface area contributed by atoms with Gasteiger partial charge in [-0.05, 0) is 151 Å². The van der Waals surface area contributed by atoms with Crippen molar-refractivity contribution in [1.29, 1.82) is 0 Å². The summed E-state index contributed by atoms with van der Waals surface area (Å²) in [6, 6.07) is 22.6. The third kappa shape index (κ3) is 24.4. The highest BCUT2D eigenvalue weighted by Gasteiger charge is 2.41. The van der Waals surface area contributed by atoms with Crippen molar-refractivity contribution >= 4 is 21.0 Å². The fraction of sp³-hybridized carbons (Fsp3) is 0.657. The Morgan fingerprint density at radius 2 is 0.520 bits per heavy atom. The Kier molecular flexibility index (Phi) is 35.0. The summed E-state index contributed by atoms with van der Waals surface area (Å²) in [6.07, 6.45) is 46.4. The van der Waals surface area contributed by atoms with Crippen LogP contribution in [0, 0.1) is 6.92 Å². The van der Waals surface area contributed by atoms with Crippen LogP contribution in [0.5, 0.6) is 0 Å². The number of aryl methyl sites for hydroxylation is 10. The summed E-state index contributed by atoms with van der Waals surface area (Å²) in [6.45, 7) is 23.4. The first-order valence-electron chi connectivity index (χ1n) is 31.6. The first-order valence-corrected chi connectivity index (χ1v) is 34.3. The molecule has 5 heteroatoms. The van der Waals surface area contributed by atoms with Crippen LogP contribution in [0.15, 0.2) is 80.2 Å². The average Bonchev–Trinajstić information content (AvgIpc) is 3.38. The van der Waals surface area contributed by atoms with Crippen molar-refractivity contribution in [3.63, 3.8) is 0 Å². The van der Waals surface area contributed by atoms with Crippen molar-refractivity contribution in [3.05, 3.63) is 116 Å². The maximum atomic E-state index is 10.4. The monoisotopic (exact) mass is 1060 g/mol. The van der Waals surface area contributed by atoms with E-state index in [1.807, 2.05) is 6.92 Å². The lowest BCUT2D eigenvalue weighted by molar-refractivity contribution is 0.463. The molecule has 422 valence electrons. The normalized spacial score (nSPS) is 11.7. The molecule has 0 aromatic heterocycles. The third-order valence-electron chi connectivity index (χ3n) is 15.3. The predicted molar refractivity (Wildman–Crippen MR) is 330 cm³/mol. The lowest BCUT2D eigenvalue weighted by Gasteiger charge is -2.25. The van der Waals surface area contributed by atoms with E-state index in [1.54, 1.807) is 76.9 Å². The number of hydrogen-bond donors (Lipinski definition) is 0. The zero-order valence-electron chi connectivity index (χ0n) is 50.3. The molecule has 0 saturated carbocycles. The van der Waals surface area contributed by atoms with Crippen molar-refractivity contribution in [1.82, 2.24) is 0 Å². The van der Waals surface area contributed by atoms with Crippen molar-refractivity contribution in [2.24, 2.45) is 0 Å².